The highest BCUT2D eigenvalue weighted by atomic mass is 32.2. The second kappa shape index (κ2) is 7.24. The van der Waals surface area contributed by atoms with Gasteiger partial charge in [0.05, 0.1) is 30.3 Å². The number of benzene rings is 1. The van der Waals surface area contributed by atoms with Gasteiger partial charge in [0.1, 0.15) is 0 Å². The first-order valence-corrected chi connectivity index (χ1v) is 8.36. The number of alkyl halides is 2. The molecule has 0 bridgehead atoms. The Bertz CT molecular complexity index is 597. The average Bonchev–Trinajstić information content (AvgIpc) is 3.16. The summed E-state index contributed by atoms with van der Waals surface area (Å²) < 4.78 is 32.7. The predicted molar refractivity (Wildman–Crippen MR) is 83.4 cm³/mol. The maximum atomic E-state index is 12.5. The molecule has 0 N–H and O–H groups in total. The molecule has 3 rings (SSSR count). The number of imidazole rings is 1. The summed E-state index contributed by atoms with van der Waals surface area (Å²) in [4.78, 5) is 4.34. The number of aromatic nitrogens is 2. The molecule has 22 heavy (non-hydrogen) atoms. The van der Waals surface area contributed by atoms with Gasteiger partial charge in [0.25, 0.3) is 0 Å². The van der Waals surface area contributed by atoms with Crippen LogP contribution in [0.4, 0.5) is 8.78 Å². The Morgan fingerprint density at radius 2 is 2.14 bits per heavy atom. The lowest BCUT2D eigenvalue weighted by Gasteiger charge is -2.16. The van der Waals surface area contributed by atoms with Gasteiger partial charge in [-0.2, -0.15) is 0 Å². The Balaban J connectivity index is 1.87. The Morgan fingerprint density at radius 1 is 1.32 bits per heavy atom. The smallest absolute Gasteiger partial charge is 0.248 e. The van der Waals surface area contributed by atoms with Crippen LogP contribution in [0.25, 0.3) is 11.3 Å². The van der Waals surface area contributed by atoms with Gasteiger partial charge in [0.2, 0.25) is 6.43 Å². The standard InChI is InChI=1S/C16H18F2N2OS/c17-15(18)11-22-16-19-9-14(12-5-2-1-3-6-12)20(16)10-13-7-4-8-21-13/h1-3,5-6,9,13,15H,4,7-8,10-11H2. The van der Waals surface area contributed by atoms with Crippen LogP contribution >= 0.6 is 11.8 Å². The van der Waals surface area contributed by atoms with E-state index in [4.69, 9.17) is 4.74 Å². The van der Waals surface area contributed by atoms with Crippen LogP contribution in [0.1, 0.15) is 12.8 Å². The zero-order chi connectivity index (χ0) is 15.4. The van der Waals surface area contributed by atoms with Gasteiger partial charge in [-0.15, -0.1) is 0 Å². The van der Waals surface area contributed by atoms with Crippen LogP contribution in [-0.2, 0) is 11.3 Å². The minimum absolute atomic E-state index is 0.141. The average molecular weight is 324 g/mol. The van der Waals surface area contributed by atoms with Crippen molar-refractivity contribution in [1.29, 1.82) is 0 Å². The molecule has 0 radical (unpaired) electrons. The summed E-state index contributed by atoms with van der Waals surface area (Å²) in [6.45, 7) is 1.44. The lowest BCUT2D eigenvalue weighted by molar-refractivity contribution is 0.0953. The summed E-state index contributed by atoms with van der Waals surface area (Å²) in [5.74, 6) is -0.239. The van der Waals surface area contributed by atoms with E-state index in [0.29, 0.717) is 11.7 Å². The molecule has 1 aromatic heterocycles. The van der Waals surface area contributed by atoms with Gasteiger partial charge in [-0.05, 0) is 18.4 Å². The Morgan fingerprint density at radius 3 is 2.82 bits per heavy atom. The number of halogens is 2. The summed E-state index contributed by atoms with van der Waals surface area (Å²) in [7, 11) is 0. The van der Waals surface area contributed by atoms with Gasteiger partial charge in [-0.3, -0.25) is 0 Å². The van der Waals surface area contributed by atoms with E-state index in [1.807, 2.05) is 34.9 Å². The van der Waals surface area contributed by atoms with Crippen molar-refractivity contribution in [1.82, 2.24) is 9.55 Å². The van der Waals surface area contributed by atoms with Gasteiger partial charge < -0.3 is 9.30 Å². The normalized spacial score (nSPS) is 18.2. The van der Waals surface area contributed by atoms with Gasteiger partial charge in [0, 0.05) is 6.61 Å². The minimum atomic E-state index is -2.34. The van der Waals surface area contributed by atoms with Crippen molar-refractivity contribution < 1.29 is 13.5 Å². The highest BCUT2D eigenvalue weighted by molar-refractivity contribution is 7.99. The molecule has 2 aromatic rings. The fourth-order valence-electron chi connectivity index (χ4n) is 2.62. The molecule has 1 unspecified atom stereocenters. The fraction of sp³-hybridized carbons (Fsp3) is 0.438. The Kier molecular flexibility index (Phi) is 5.10. The van der Waals surface area contributed by atoms with Crippen molar-refractivity contribution in [3.8, 4) is 11.3 Å². The molecular formula is C16H18F2N2OS. The zero-order valence-electron chi connectivity index (χ0n) is 12.1. The monoisotopic (exact) mass is 324 g/mol. The second-order valence-electron chi connectivity index (χ2n) is 5.24. The van der Waals surface area contributed by atoms with Crippen molar-refractivity contribution >= 4 is 11.8 Å². The predicted octanol–water partition coefficient (Wildman–Crippen LogP) is 4.09. The van der Waals surface area contributed by atoms with Crippen molar-refractivity contribution in [3.63, 3.8) is 0 Å². The quantitative estimate of drug-likeness (QED) is 0.749. The van der Waals surface area contributed by atoms with Crippen LogP contribution < -0.4 is 0 Å². The zero-order valence-corrected chi connectivity index (χ0v) is 12.9. The van der Waals surface area contributed by atoms with Crippen LogP contribution in [0, 0.1) is 0 Å². The van der Waals surface area contributed by atoms with E-state index < -0.39 is 6.43 Å². The van der Waals surface area contributed by atoms with Crippen LogP contribution in [0.5, 0.6) is 0 Å². The number of nitrogens with zero attached hydrogens (tertiary/aromatic N) is 2. The van der Waals surface area contributed by atoms with E-state index in [1.54, 1.807) is 6.20 Å². The van der Waals surface area contributed by atoms with Crippen LogP contribution in [0.3, 0.4) is 0 Å². The number of ether oxygens (including phenoxy) is 1. The van der Waals surface area contributed by atoms with Crippen molar-refractivity contribution in [3.05, 3.63) is 36.5 Å². The van der Waals surface area contributed by atoms with Crippen molar-refractivity contribution in [2.24, 2.45) is 0 Å². The molecule has 118 valence electrons. The molecule has 3 nitrogen and oxygen atoms in total. The van der Waals surface area contributed by atoms with E-state index in [2.05, 4.69) is 4.98 Å². The van der Waals surface area contributed by atoms with Crippen LogP contribution in [0.2, 0.25) is 0 Å². The Hall–Kier alpha value is -1.40. The lowest BCUT2D eigenvalue weighted by atomic mass is 10.1. The molecule has 0 spiro atoms. The minimum Gasteiger partial charge on any atom is -0.376 e. The first-order valence-electron chi connectivity index (χ1n) is 7.37. The molecule has 1 aromatic carbocycles. The molecule has 1 fully saturated rings. The molecular weight excluding hydrogens is 306 g/mol. The summed E-state index contributed by atoms with van der Waals surface area (Å²) in [6.07, 6.45) is 1.63. The van der Waals surface area contributed by atoms with Gasteiger partial charge in [-0.25, -0.2) is 13.8 Å². The second-order valence-corrected chi connectivity index (χ2v) is 6.23. The third kappa shape index (κ3) is 3.67. The highest BCUT2D eigenvalue weighted by Gasteiger charge is 2.21. The van der Waals surface area contributed by atoms with Crippen molar-refractivity contribution in [2.45, 2.75) is 37.1 Å². The number of hydrogen-bond acceptors (Lipinski definition) is 3. The number of hydrogen-bond donors (Lipinski definition) is 0. The first kappa shape index (κ1) is 15.5. The fourth-order valence-corrected chi connectivity index (χ4v) is 3.35. The topological polar surface area (TPSA) is 27.1 Å². The molecule has 1 saturated heterocycles. The van der Waals surface area contributed by atoms with E-state index >= 15 is 0 Å². The third-order valence-electron chi connectivity index (χ3n) is 3.64. The highest BCUT2D eigenvalue weighted by Crippen LogP contribution is 2.28. The van der Waals surface area contributed by atoms with Gasteiger partial charge in [0.15, 0.2) is 5.16 Å². The SMILES string of the molecule is FC(F)CSc1ncc(-c2ccccc2)n1CC1CCCO1. The Labute approximate surface area is 132 Å². The number of thioether (sulfide) groups is 1. The van der Waals surface area contributed by atoms with E-state index in [1.165, 1.54) is 0 Å². The summed E-state index contributed by atoms with van der Waals surface area (Å²) in [5, 5.41) is 0.634. The maximum absolute atomic E-state index is 12.5. The summed E-state index contributed by atoms with van der Waals surface area (Å²) in [5.41, 5.74) is 1.99. The van der Waals surface area contributed by atoms with Crippen LogP contribution in [-0.4, -0.2) is 34.4 Å². The summed E-state index contributed by atoms with van der Waals surface area (Å²) >= 11 is 1.10. The molecule has 2 heterocycles. The summed E-state index contributed by atoms with van der Waals surface area (Å²) in [6, 6.07) is 9.89. The molecule has 1 atom stereocenters. The lowest BCUT2D eigenvalue weighted by Crippen LogP contribution is -2.16. The van der Waals surface area contributed by atoms with Crippen molar-refractivity contribution in [2.75, 3.05) is 12.4 Å². The molecule has 1 aliphatic heterocycles. The molecule has 0 saturated carbocycles. The van der Waals surface area contributed by atoms with Gasteiger partial charge in [-0.1, -0.05) is 42.1 Å². The molecule has 0 amide bonds. The number of rotatable bonds is 6. The third-order valence-corrected chi connectivity index (χ3v) is 4.64. The van der Waals surface area contributed by atoms with E-state index in [-0.39, 0.29) is 11.9 Å². The van der Waals surface area contributed by atoms with Crippen LogP contribution in [0.15, 0.2) is 41.7 Å². The largest absolute Gasteiger partial charge is 0.376 e. The van der Waals surface area contributed by atoms with E-state index in [9.17, 15) is 8.78 Å². The molecule has 6 heteroatoms. The van der Waals surface area contributed by atoms with Gasteiger partial charge >= 0.3 is 0 Å². The maximum Gasteiger partial charge on any atom is 0.248 e. The van der Waals surface area contributed by atoms with E-state index in [0.717, 1.165) is 42.5 Å². The molecule has 1 aliphatic rings. The first-order chi connectivity index (χ1) is 10.7. The molecule has 0 aliphatic carbocycles.